The number of benzene rings is 1. The molecule has 1 saturated heterocycles. The topological polar surface area (TPSA) is 68.2 Å². The summed E-state index contributed by atoms with van der Waals surface area (Å²) in [5.74, 6) is 0. The highest BCUT2D eigenvalue weighted by Gasteiger charge is 2.52. The molecule has 0 aromatic heterocycles. The second-order valence-corrected chi connectivity index (χ2v) is 8.13. The van der Waals surface area contributed by atoms with Crippen molar-refractivity contribution in [3.8, 4) is 0 Å². The zero-order valence-corrected chi connectivity index (χ0v) is 16.2. The lowest BCUT2D eigenvalue weighted by Gasteiger charge is -2.32. The second-order valence-electron chi connectivity index (χ2n) is 8.13. The average molecular weight is 361 g/mol. The van der Waals surface area contributed by atoms with E-state index >= 15 is 0 Å². The molecule has 1 unspecified atom stereocenters. The molecule has 3 rings (SSSR count). The lowest BCUT2D eigenvalue weighted by Crippen LogP contribution is -2.41. The zero-order valence-electron chi connectivity index (χ0n) is 16.2. The quantitative estimate of drug-likeness (QED) is 0.839. The van der Waals surface area contributed by atoms with Crippen LogP contribution in [-0.4, -0.2) is 54.6 Å². The standard InChI is InChI=1S/C19H28BNO5/c1-18(2)19(3,4)26-20(25-18)15-10-6-8-14-13(15)9-7-11-24-16(14)12-21(5)17(22)23/h6,8,10,16H,7,9,11-12H2,1-5H3,(H,22,23). The van der Waals surface area contributed by atoms with E-state index in [9.17, 15) is 9.90 Å². The normalized spacial score (nSPS) is 24.0. The minimum absolute atomic E-state index is 0.282. The zero-order chi connectivity index (χ0) is 19.1. The fraction of sp³-hybridized carbons (Fsp3) is 0.632. The maximum atomic E-state index is 11.2. The molecular formula is C19H28BNO5. The Bertz CT molecular complexity index is 675. The number of nitrogens with zero attached hydrogens (tertiary/aromatic N) is 1. The van der Waals surface area contributed by atoms with Crippen molar-refractivity contribution in [3.05, 3.63) is 29.3 Å². The fourth-order valence-electron chi connectivity index (χ4n) is 3.45. The molecule has 26 heavy (non-hydrogen) atoms. The first kappa shape index (κ1) is 19.2. The molecule has 2 aliphatic heterocycles. The van der Waals surface area contributed by atoms with E-state index in [1.165, 1.54) is 4.90 Å². The van der Waals surface area contributed by atoms with Crippen molar-refractivity contribution in [1.29, 1.82) is 0 Å². The van der Waals surface area contributed by atoms with Gasteiger partial charge in [-0.1, -0.05) is 18.2 Å². The predicted molar refractivity (Wildman–Crippen MR) is 99.8 cm³/mol. The number of hydrogen-bond acceptors (Lipinski definition) is 4. The minimum Gasteiger partial charge on any atom is -0.465 e. The smallest absolute Gasteiger partial charge is 0.465 e. The molecule has 1 atom stereocenters. The van der Waals surface area contributed by atoms with Crippen LogP contribution in [0.15, 0.2) is 18.2 Å². The van der Waals surface area contributed by atoms with Crippen LogP contribution in [0.3, 0.4) is 0 Å². The van der Waals surface area contributed by atoms with Crippen LogP contribution < -0.4 is 5.46 Å². The average Bonchev–Trinajstić information content (AvgIpc) is 2.70. The van der Waals surface area contributed by atoms with Crippen molar-refractivity contribution in [2.24, 2.45) is 0 Å². The fourth-order valence-corrected chi connectivity index (χ4v) is 3.45. The molecule has 0 aliphatic carbocycles. The Labute approximate surface area is 155 Å². The SMILES string of the molecule is CN(CC1OCCCc2c(B3OC(C)(C)C(C)(C)O3)cccc21)C(=O)O. The van der Waals surface area contributed by atoms with Crippen LogP contribution in [0.2, 0.25) is 0 Å². The summed E-state index contributed by atoms with van der Waals surface area (Å²) in [5.41, 5.74) is 2.42. The summed E-state index contributed by atoms with van der Waals surface area (Å²) < 4.78 is 18.5. The number of fused-ring (bicyclic) bond motifs is 1. The molecule has 2 aliphatic rings. The van der Waals surface area contributed by atoms with E-state index in [1.807, 2.05) is 45.9 Å². The summed E-state index contributed by atoms with van der Waals surface area (Å²) in [4.78, 5) is 12.5. The molecule has 1 N–H and O–H groups in total. The first-order valence-electron chi connectivity index (χ1n) is 9.15. The van der Waals surface area contributed by atoms with Crippen LogP contribution in [-0.2, 0) is 20.5 Å². The van der Waals surface area contributed by atoms with E-state index < -0.39 is 24.4 Å². The van der Waals surface area contributed by atoms with Gasteiger partial charge >= 0.3 is 13.2 Å². The Hall–Kier alpha value is -1.57. The van der Waals surface area contributed by atoms with Gasteiger partial charge in [0.2, 0.25) is 0 Å². The van der Waals surface area contributed by atoms with Crippen LogP contribution in [0.5, 0.6) is 0 Å². The van der Waals surface area contributed by atoms with Crippen molar-refractivity contribution >= 4 is 18.7 Å². The highest BCUT2D eigenvalue weighted by molar-refractivity contribution is 6.62. The van der Waals surface area contributed by atoms with Crippen molar-refractivity contribution in [2.75, 3.05) is 20.2 Å². The van der Waals surface area contributed by atoms with Gasteiger partial charge in [-0.2, -0.15) is 0 Å². The van der Waals surface area contributed by atoms with Gasteiger partial charge in [-0.3, -0.25) is 0 Å². The Balaban J connectivity index is 1.94. The molecule has 0 bridgehead atoms. The third-order valence-electron chi connectivity index (χ3n) is 5.76. The number of rotatable bonds is 3. The van der Waals surface area contributed by atoms with E-state index in [-0.39, 0.29) is 6.10 Å². The van der Waals surface area contributed by atoms with Crippen molar-refractivity contribution in [1.82, 2.24) is 4.90 Å². The first-order valence-corrected chi connectivity index (χ1v) is 9.15. The minimum atomic E-state index is -0.957. The van der Waals surface area contributed by atoms with Gasteiger partial charge in [0, 0.05) is 13.7 Å². The van der Waals surface area contributed by atoms with Gasteiger partial charge in [0.1, 0.15) is 6.10 Å². The van der Waals surface area contributed by atoms with Crippen molar-refractivity contribution in [3.63, 3.8) is 0 Å². The molecule has 1 amide bonds. The molecule has 1 fully saturated rings. The third-order valence-corrected chi connectivity index (χ3v) is 5.76. The molecular weight excluding hydrogens is 333 g/mol. The maximum Gasteiger partial charge on any atom is 0.495 e. The van der Waals surface area contributed by atoms with Crippen LogP contribution in [0.4, 0.5) is 4.79 Å². The Morgan fingerprint density at radius 2 is 1.92 bits per heavy atom. The number of amides is 1. The number of likely N-dealkylation sites (N-methyl/N-ethyl adjacent to an activating group) is 1. The molecule has 1 aromatic rings. The van der Waals surface area contributed by atoms with Crippen LogP contribution in [0, 0.1) is 0 Å². The summed E-state index contributed by atoms with van der Waals surface area (Å²) >= 11 is 0. The van der Waals surface area contributed by atoms with Gasteiger partial charge in [0.25, 0.3) is 0 Å². The summed E-state index contributed by atoms with van der Waals surface area (Å²) in [6.07, 6.45) is 0.511. The van der Waals surface area contributed by atoms with Crippen LogP contribution in [0.1, 0.15) is 51.3 Å². The Kier molecular flexibility index (Phi) is 5.07. The summed E-state index contributed by atoms with van der Waals surface area (Å²) in [7, 11) is 1.14. The number of hydrogen-bond donors (Lipinski definition) is 1. The van der Waals surface area contributed by atoms with Gasteiger partial charge in [0.15, 0.2) is 0 Å². The summed E-state index contributed by atoms with van der Waals surface area (Å²) in [6, 6.07) is 6.04. The Morgan fingerprint density at radius 1 is 1.27 bits per heavy atom. The highest BCUT2D eigenvalue weighted by Crippen LogP contribution is 2.37. The van der Waals surface area contributed by atoms with Gasteiger partial charge in [-0.15, -0.1) is 0 Å². The largest absolute Gasteiger partial charge is 0.495 e. The lowest BCUT2D eigenvalue weighted by molar-refractivity contribution is 0.00578. The summed E-state index contributed by atoms with van der Waals surface area (Å²) in [6.45, 7) is 9.08. The third kappa shape index (κ3) is 3.48. The second kappa shape index (κ2) is 6.87. The number of carboxylic acid groups (broad SMARTS) is 1. The van der Waals surface area contributed by atoms with Gasteiger partial charge in [0.05, 0.1) is 17.7 Å². The predicted octanol–water partition coefficient (Wildman–Crippen LogP) is 2.60. The molecule has 1 aromatic carbocycles. The maximum absolute atomic E-state index is 11.2. The van der Waals surface area contributed by atoms with Gasteiger partial charge < -0.3 is 24.1 Å². The summed E-state index contributed by atoms with van der Waals surface area (Å²) in [5, 5.41) is 9.20. The molecule has 0 radical (unpaired) electrons. The van der Waals surface area contributed by atoms with Gasteiger partial charge in [-0.25, -0.2) is 4.79 Å². The van der Waals surface area contributed by atoms with E-state index in [2.05, 4.69) is 0 Å². The molecule has 142 valence electrons. The van der Waals surface area contributed by atoms with Crippen molar-refractivity contribution in [2.45, 2.75) is 57.8 Å². The van der Waals surface area contributed by atoms with Crippen molar-refractivity contribution < 1.29 is 23.9 Å². The molecule has 0 saturated carbocycles. The lowest BCUT2D eigenvalue weighted by atomic mass is 9.73. The van der Waals surface area contributed by atoms with E-state index in [0.29, 0.717) is 13.2 Å². The highest BCUT2D eigenvalue weighted by atomic mass is 16.7. The van der Waals surface area contributed by atoms with Gasteiger partial charge in [-0.05, 0) is 57.1 Å². The van der Waals surface area contributed by atoms with E-state index in [1.54, 1.807) is 7.05 Å². The van der Waals surface area contributed by atoms with E-state index in [0.717, 1.165) is 29.4 Å². The molecule has 6 nitrogen and oxygen atoms in total. The molecule has 0 spiro atoms. The number of ether oxygens (including phenoxy) is 1. The molecule has 7 heteroatoms. The van der Waals surface area contributed by atoms with Crippen LogP contribution >= 0.6 is 0 Å². The monoisotopic (exact) mass is 361 g/mol. The number of carbonyl (C=O) groups is 1. The Morgan fingerprint density at radius 3 is 2.54 bits per heavy atom. The van der Waals surface area contributed by atoms with Crippen LogP contribution in [0.25, 0.3) is 0 Å². The molecule has 2 heterocycles. The first-order chi connectivity index (χ1) is 12.1. The van der Waals surface area contributed by atoms with E-state index in [4.69, 9.17) is 14.0 Å².